The van der Waals surface area contributed by atoms with Gasteiger partial charge in [-0.15, -0.1) is 0 Å². The fourth-order valence-electron chi connectivity index (χ4n) is 0. The zero-order valence-electron chi connectivity index (χ0n) is 1.32. The van der Waals surface area contributed by atoms with Gasteiger partial charge >= 0.3 is 0 Å². The molecule has 0 rings (SSSR count). The SMILES string of the molecule is [AlH3].[Cr].[Cr].[Ti]. The molecule has 0 fully saturated rings. The summed E-state index contributed by atoms with van der Waals surface area (Å²) in [5, 5.41) is 0. The van der Waals surface area contributed by atoms with E-state index in [0.29, 0.717) is 0 Å². The van der Waals surface area contributed by atoms with E-state index in [2.05, 4.69) is 0 Å². The molecule has 0 bridgehead atoms. The van der Waals surface area contributed by atoms with Crippen LogP contribution in [0.4, 0.5) is 0 Å². The molecule has 0 nitrogen and oxygen atoms in total. The third-order valence-electron chi connectivity index (χ3n) is 0. The Balaban J connectivity index is 0. The number of hydrogen-bond acceptors (Lipinski definition) is 0. The first-order chi connectivity index (χ1) is 0. The van der Waals surface area contributed by atoms with Crippen LogP contribution in [0.1, 0.15) is 0 Å². The van der Waals surface area contributed by atoms with Gasteiger partial charge in [0.15, 0.2) is 17.4 Å². The second-order valence-corrected chi connectivity index (χ2v) is 0. The van der Waals surface area contributed by atoms with Crippen molar-refractivity contribution in [2.45, 2.75) is 0 Å². The van der Waals surface area contributed by atoms with Crippen LogP contribution >= 0.6 is 0 Å². The molecule has 0 spiro atoms. The Kier molecular flexibility index (Phi) is 154. The molecule has 0 aliphatic rings. The second kappa shape index (κ2) is 18.5. The first kappa shape index (κ1) is 33.3. The van der Waals surface area contributed by atoms with Gasteiger partial charge in [-0.25, -0.2) is 0 Å². The maximum Gasteiger partial charge on any atom is 0.187 e. The Morgan fingerprint density at radius 1 is 0.750 bits per heavy atom. The molecule has 0 amide bonds. The molecule has 4 heavy (non-hydrogen) atoms. The van der Waals surface area contributed by atoms with Crippen molar-refractivity contribution in [3.63, 3.8) is 0 Å². The molecule has 0 N–H and O–H groups in total. The van der Waals surface area contributed by atoms with Crippen molar-refractivity contribution in [1.82, 2.24) is 0 Å². The molecule has 0 aliphatic carbocycles. The summed E-state index contributed by atoms with van der Waals surface area (Å²) in [6.07, 6.45) is 0. The summed E-state index contributed by atoms with van der Waals surface area (Å²) in [6, 6.07) is 0. The maximum atomic E-state index is 0. The van der Waals surface area contributed by atoms with Crippen LogP contribution in [0.2, 0.25) is 0 Å². The second-order valence-electron chi connectivity index (χ2n) is 0. The zero-order chi connectivity index (χ0) is 0. The van der Waals surface area contributed by atoms with Gasteiger partial charge in [-0.05, 0) is 0 Å². The van der Waals surface area contributed by atoms with Gasteiger partial charge < -0.3 is 0 Å². The molecule has 0 aromatic carbocycles. The monoisotopic (exact) mass is 182 g/mol. The van der Waals surface area contributed by atoms with E-state index in [-0.39, 0.29) is 73.8 Å². The molecular formula is H3AlCr2Ti. The Labute approximate surface area is 73.0 Å². The van der Waals surface area contributed by atoms with Gasteiger partial charge in [0.05, 0.1) is 0 Å². The van der Waals surface area contributed by atoms with Crippen LogP contribution in [0.5, 0.6) is 0 Å². The van der Waals surface area contributed by atoms with E-state index in [0.717, 1.165) is 0 Å². The van der Waals surface area contributed by atoms with Crippen molar-refractivity contribution >= 4 is 17.4 Å². The van der Waals surface area contributed by atoms with Crippen LogP contribution in [-0.2, 0) is 56.4 Å². The molecule has 0 heterocycles. The van der Waals surface area contributed by atoms with Gasteiger partial charge in [0.2, 0.25) is 0 Å². The molecule has 0 saturated heterocycles. The third-order valence-corrected chi connectivity index (χ3v) is 0. The summed E-state index contributed by atoms with van der Waals surface area (Å²) in [7, 11) is 0. The maximum absolute atomic E-state index is 0. The van der Waals surface area contributed by atoms with Crippen LogP contribution in [0.3, 0.4) is 0 Å². The predicted molar refractivity (Wildman–Crippen MR) is 9.94 cm³/mol. The fraction of sp³-hybridized carbons (Fsp3) is 0. The fourth-order valence-corrected chi connectivity index (χ4v) is 0. The average molecular weight is 182 g/mol. The van der Waals surface area contributed by atoms with Gasteiger partial charge in [-0.1, -0.05) is 0 Å². The predicted octanol–water partition coefficient (Wildman–Crippen LogP) is -1.19. The molecule has 0 unspecified atom stereocenters. The van der Waals surface area contributed by atoms with Gasteiger partial charge in [0.25, 0.3) is 0 Å². The van der Waals surface area contributed by atoms with Crippen LogP contribution < -0.4 is 0 Å². The van der Waals surface area contributed by atoms with Gasteiger partial charge in [0.1, 0.15) is 0 Å². The van der Waals surface area contributed by atoms with Crippen molar-refractivity contribution in [1.29, 1.82) is 0 Å². The van der Waals surface area contributed by atoms with E-state index in [4.69, 9.17) is 0 Å². The molecule has 0 aliphatic heterocycles. The number of rotatable bonds is 0. The normalized spacial score (nSPS) is 0. The van der Waals surface area contributed by atoms with Crippen molar-refractivity contribution in [2.75, 3.05) is 0 Å². The van der Waals surface area contributed by atoms with E-state index < -0.39 is 0 Å². The first-order valence-corrected chi connectivity index (χ1v) is 0. The molecule has 4 heteroatoms. The minimum Gasteiger partial charge on any atom is 0 e. The van der Waals surface area contributed by atoms with Crippen LogP contribution in [0, 0.1) is 0 Å². The van der Waals surface area contributed by atoms with Crippen molar-refractivity contribution in [3.8, 4) is 0 Å². The number of hydrogen-bond donors (Lipinski definition) is 0. The quantitative estimate of drug-likeness (QED) is 0.413. The van der Waals surface area contributed by atoms with Crippen molar-refractivity contribution in [3.05, 3.63) is 0 Å². The average Bonchev–Trinajstić information content (AvgIpc) is 0. The zero-order valence-corrected chi connectivity index (χ0v) is 5.43. The smallest absolute Gasteiger partial charge is 0 e. The molecule has 0 aromatic heterocycles. The Hall–Kier alpha value is 2.31. The first-order valence-electron chi connectivity index (χ1n) is 0. The molecular weight excluding hydrogens is 179 g/mol. The van der Waals surface area contributed by atoms with Crippen molar-refractivity contribution in [2.24, 2.45) is 0 Å². The van der Waals surface area contributed by atoms with Crippen molar-refractivity contribution < 1.29 is 56.4 Å². The van der Waals surface area contributed by atoms with Crippen LogP contribution in [0.15, 0.2) is 0 Å². The van der Waals surface area contributed by atoms with E-state index in [1.807, 2.05) is 0 Å². The summed E-state index contributed by atoms with van der Waals surface area (Å²) in [6.45, 7) is 0. The molecule has 22 valence electrons. The van der Waals surface area contributed by atoms with Crippen LogP contribution in [0.25, 0.3) is 0 Å². The third kappa shape index (κ3) is 8.85. The van der Waals surface area contributed by atoms with Crippen LogP contribution in [-0.4, -0.2) is 17.4 Å². The Morgan fingerprint density at radius 3 is 0.750 bits per heavy atom. The summed E-state index contributed by atoms with van der Waals surface area (Å²) in [5.74, 6) is 0. The Bertz CT molecular complexity index is 6.00. The van der Waals surface area contributed by atoms with Gasteiger partial charge in [-0.2, -0.15) is 0 Å². The van der Waals surface area contributed by atoms with E-state index in [1.54, 1.807) is 0 Å². The molecule has 0 aromatic rings. The van der Waals surface area contributed by atoms with Gasteiger partial charge in [-0.3, -0.25) is 0 Å². The van der Waals surface area contributed by atoms with E-state index in [9.17, 15) is 0 Å². The summed E-state index contributed by atoms with van der Waals surface area (Å²) in [5.41, 5.74) is 0. The molecule has 0 saturated carbocycles. The minimum atomic E-state index is 0. The largest absolute Gasteiger partial charge is 0.187 e. The summed E-state index contributed by atoms with van der Waals surface area (Å²) >= 11 is 0. The molecule has 0 radical (unpaired) electrons. The minimum absolute atomic E-state index is 0. The Morgan fingerprint density at radius 2 is 0.750 bits per heavy atom. The topological polar surface area (TPSA) is 0 Å². The molecule has 0 atom stereocenters. The summed E-state index contributed by atoms with van der Waals surface area (Å²) < 4.78 is 0. The van der Waals surface area contributed by atoms with E-state index >= 15 is 0 Å². The summed E-state index contributed by atoms with van der Waals surface area (Å²) in [4.78, 5) is 0. The van der Waals surface area contributed by atoms with Gasteiger partial charge in [0, 0.05) is 56.4 Å². The standard InChI is InChI=1S/Al.2Cr.Ti.3H. The van der Waals surface area contributed by atoms with E-state index in [1.165, 1.54) is 0 Å².